The number of nitrogens with zero attached hydrogens (tertiary/aromatic N) is 2. The van der Waals surface area contributed by atoms with E-state index in [9.17, 15) is 10.2 Å². The van der Waals surface area contributed by atoms with E-state index < -0.39 is 0 Å². The molecule has 2 N–H and O–H groups in total. The maximum Gasteiger partial charge on any atom is 0.124 e. The van der Waals surface area contributed by atoms with Gasteiger partial charge in [0, 0.05) is 23.6 Å². The SMILES string of the molecule is Oc1ccccc1C=Nc1ccc(-c2ccc(N=Cc3ccccc3O)cc2-c2ccccc2)c(-c2ccccc2)c1. The van der Waals surface area contributed by atoms with Crippen LogP contribution >= 0.6 is 0 Å². The van der Waals surface area contributed by atoms with E-state index in [1.807, 2.05) is 72.8 Å². The standard InChI is InChI=1S/C38H28N2O2/c41-37-17-9-7-15-29(37)25-39-31-19-21-33(35(23-31)27-11-3-1-4-12-27)34-22-20-32(24-36(34)28-13-5-2-6-14-28)40-26-30-16-8-10-18-38(30)42/h1-26,41-42H. The first-order valence-electron chi connectivity index (χ1n) is 13.7. The molecule has 202 valence electrons. The van der Waals surface area contributed by atoms with Gasteiger partial charge in [-0.05, 0) is 81.9 Å². The van der Waals surface area contributed by atoms with Gasteiger partial charge in [0.15, 0.2) is 0 Å². The predicted molar refractivity (Wildman–Crippen MR) is 173 cm³/mol. The first kappa shape index (κ1) is 26.5. The third-order valence-electron chi connectivity index (χ3n) is 7.04. The molecule has 42 heavy (non-hydrogen) atoms. The van der Waals surface area contributed by atoms with Gasteiger partial charge in [-0.3, -0.25) is 9.98 Å². The molecule has 0 aromatic heterocycles. The van der Waals surface area contributed by atoms with Crippen LogP contribution < -0.4 is 0 Å². The number of phenolic OH excluding ortho intramolecular Hbond substituents is 2. The van der Waals surface area contributed by atoms with Crippen molar-refractivity contribution in [1.29, 1.82) is 0 Å². The largest absolute Gasteiger partial charge is 0.507 e. The number of para-hydroxylation sites is 2. The number of hydrogen-bond acceptors (Lipinski definition) is 4. The minimum absolute atomic E-state index is 0.193. The van der Waals surface area contributed by atoms with E-state index >= 15 is 0 Å². The molecule has 0 bridgehead atoms. The topological polar surface area (TPSA) is 65.2 Å². The fourth-order valence-corrected chi connectivity index (χ4v) is 4.89. The van der Waals surface area contributed by atoms with Crippen LogP contribution in [0.1, 0.15) is 11.1 Å². The Morgan fingerprint density at radius 3 is 1.17 bits per heavy atom. The van der Waals surface area contributed by atoms with E-state index in [-0.39, 0.29) is 11.5 Å². The molecule has 0 aliphatic rings. The molecule has 0 saturated carbocycles. The van der Waals surface area contributed by atoms with Gasteiger partial charge in [-0.2, -0.15) is 0 Å². The molecule has 0 heterocycles. The number of benzene rings is 6. The Balaban J connectivity index is 1.47. The van der Waals surface area contributed by atoms with Gasteiger partial charge in [0.25, 0.3) is 0 Å². The Morgan fingerprint density at radius 1 is 0.381 bits per heavy atom. The number of hydrogen-bond donors (Lipinski definition) is 2. The van der Waals surface area contributed by atoms with Crippen molar-refractivity contribution in [2.45, 2.75) is 0 Å². The number of rotatable bonds is 7. The predicted octanol–water partition coefficient (Wildman–Crippen LogP) is 9.60. The van der Waals surface area contributed by atoms with Crippen molar-refractivity contribution in [3.63, 3.8) is 0 Å². The maximum atomic E-state index is 10.2. The zero-order valence-corrected chi connectivity index (χ0v) is 22.8. The monoisotopic (exact) mass is 544 g/mol. The highest BCUT2D eigenvalue weighted by atomic mass is 16.3. The van der Waals surface area contributed by atoms with Crippen LogP contribution in [0.25, 0.3) is 33.4 Å². The highest BCUT2D eigenvalue weighted by molar-refractivity contribution is 5.95. The van der Waals surface area contributed by atoms with Crippen molar-refractivity contribution < 1.29 is 10.2 Å². The summed E-state index contributed by atoms with van der Waals surface area (Å²) in [6, 6.07) is 47.2. The third-order valence-corrected chi connectivity index (χ3v) is 7.04. The summed E-state index contributed by atoms with van der Waals surface area (Å²) < 4.78 is 0. The quantitative estimate of drug-likeness (QED) is 0.197. The Hall–Kier alpha value is -5.74. The van der Waals surface area contributed by atoms with Gasteiger partial charge in [-0.15, -0.1) is 0 Å². The summed E-state index contributed by atoms with van der Waals surface area (Å²) in [6.07, 6.45) is 3.37. The van der Waals surface area contributed by atoms with Crippen LogP contribution in [0, 0.1) is 0 Å². The lowest BCUT2D eigenvalue weighted by atomic mass is 9.89. The highest BCUT2D eigenvalue weighted by Crippen LogP contribution is 2.41. The summed E-state index contributed by atoms with van der Waals surface area (Å²) in [5.41, 5.74) is 9.27. The van der Waals surface area contributed by atoms with Gasteiger partial charge in [0.05, 0.1) is 11.4 Å². The molecule has 6 rings (SSSR count). The molecular formula is C38H28N2O2. The van der Waals surface area contributed by atoms with Crippen LogP contribution in [-0.2, 0) is 0 Å². The summed E-state index contributed by atoms with van der Waals surface area (Å²) in [5.74, 6) is 0.387. The van der Waals surface area contributed by atoms with Crippen LogP contribution in [0.5, 0.6) is 11.5 Å². The third kappa shape index (κ3) is 5.88. The number of aliphatic imine (C=N–C) groups is 2. The summed E-state index contributed by atoms with van der Waals surface area (Å²) in [7, 11) is 0. The molecule has 0 fully saturated rings. The molecule has 4 nitrogen and oxygen atoms in total. The second kappa shape index (κ2) is 12.2. The molecule has 0 spiro atoms. The fraction of sp³-hybridized carbons (Fsp3) is 0. The lowest BCUT2D eigenvalue weighted by Crippen LogP contribution is -1.90. The van der Waals surface area contributed by atoms with E-state index in [0.717, 1.165) is 44.8 Å². The Morgan fingerprint density at radius 2 is 0.762 bits per heavy atom. The molecule has 0 radical (unpaired) electrons. The smallest absolute Gasteiger partial charge is 0.124 e. The van der Waals surface area contributed by atoms with Crippen LogP contribution in [-0.4, -0.2) is 22.6 Å². The van der Waals surface area contributed by atoms with E-state index in [1.165, 1.54) is 0 Å². The molecular weight excluding hydrogens is 516 g/mol. The molecule has 6 aromatic carbocycles. The summed E-state index contributed by atoms with van der Waals surface area (Å²) in [5, 5.41) is 20.4. The summed E-state index contributed by atoms with van der Waals surface area (Å²) >= 11 is 0. The minimum Gasteiger partial charge on any atom is -0.507 e. The van der Waals surface area contributed by atoms with Crippen molar-refractivity contribution >= 4 is 23.8 Å². The van der Waals surface area contributed by atoms with Crippen molar-refractivity contribution in [2.75, 3.05) is 0 Å². The zero-order valence-electron chi connectivity index (χ0n) is 22.8. The van der Waals surface area contributed by atoms with Gasteiger partial charge in [-0.25, -0.2) is 0 Å². The Labute approximate surface area is 245 Å². The first-order valence-corrected chi connectivity index (χ1v) is 13.7. The number of phenols is 2. The Bertz CT molecular complexity index is 1750. The van der Waals surface area contributed by atoms with Crippen molar-refractivity contribution in [3.8, 4) is 44.9 Å². The van der Waals surface area contributed by atoms with Gasteiger partial charge >= 0.3 is 0 Å². The molecule has 0 saturated heterocycles. The minimum atomic E-state index is 0.193. The summed E-state index contributed by atoms with van der Waals surface area (Å²) in [4.78, 5) is 9.38. The lowest BCUT2D eigenvalue weighted by molar-refractivity contribution is 0.474. The average Bonchev–Trinajstić information content (AvgIpc) is 3.05. The van der Waals surface area contributed by atoms with E-state index in [0.29, 0.717) is 11.1 Å². The summed E-state index contributed by atoms with van der Waals surface area (Å²) in [6.45, 7) is 0. The van der Waals surface area contributed by atoms with Gasteiger partial charge in [-0.1, -0.05) is 97.1 Å². The lowest BCUT2D eigenvalue weighted by Gasteiger charge is -2.16. The second-order valence-corrected chi connectivity index (χ2v) is 9.83. The fourth-order valence-electron chi connectivity index (χ4n) is 4.89. The first-order chi connectivity index (χ1) is 20.7. The van der Waals surface area contributed by atoms with Gasteiger partial charge < -0.3 is 10.2 Å². The maximum absolute atomic E-state index is 10.2. The van der Waals surface area contributed by atoms with Crippen molar-refractivity contribution in [3.05, 3.63) is 157 Å². The van der Waals surface area contributed by atoms with E-state index in [2.05, 4.69) is 58.5 Å². The average molecular weight is 545 g/mol. The van der Waals surface area contributed by atoms with Crippen LogP contribution in [0.2, 0.25) is 0 Å². The second-order valence-electron chi connectivity index (χ2n) is 9.83. The zero-order chi connectivity index (χ0) is 28.7. The molecule has 6 aromatic rings. The number of aromatic hydroxyl groups is 2. The molecule has 0 aliphatic carbocycles. The molecule has 4 heteroatoms. The van der Waals surface area contributed by atoms with Crippen molar-refractivity contribution in [2.24, 2.45) is 9.98 Å². The van der Waals surface area contributed by atoms with Crippen LogP contribution in [0.4, 0.5) is 11.4 Å². The van der Waals surface area contributed by atoms with Crippen molar-refractivity contribution in [1.82, 2.24) is 0 Å². The molecule has 0 unspecified atom stereocenters. The molecule has 0 atom stereocenters. The van der Waals surface area contributed by atoms with E-state index in [1.54, 1.807) is 36.7 Å². The normalized spacial score (nSPS) is 11.3. The molecule has 0 amide bonds. The Kier molecular flexibility index (Phi) is 7.69. The highest BCUT2D eigenvalue weighted by Gasteiger charge is 2.14. The van der Waals surface area contributed by atoms with E-state index in [4.69, 9.17) is 0 Å². The van der Waals surface area contributed by atoms with Crippen LogP contribution in [0.3, 0.4) is 0 Å². The van der Waals surface area contributed by atoms with Gasteiger partial charge in [0.1, 0.15) is 11.5 Å². The van der Waals surface area contributed by atoms with Gasteiger partial charge in [0.2, 0.25) is 0 Å². The van der Waals surface area contributed by atoms with Crippen LogP contribution in [0.15, 0.2) is 156 Å². The molecule has 0 aliphatic heterocycles.